The molecule has 1 amide bonds. The average Bonchev–Trinajstić information content (AvgIpc) is 2.83. The van der Waals surface area contributed by atoms with E-state index in [1.807, 2.05) is 56.5 Å². The molecule has 0 aromatic heterocycles. The van der Waals surface area contributed by atoms with Crippen molar-refractivity contribution >= 4 is 33.4 Å². The van der Waals surface area contributed by atoms with E-state index in [0.717, 1.165) is 26.1 Å². The molecular weight excluding hydrogens is 456 g/mol. The molecule has 0 heterocycles. The maximum atomic E-state index is 13.5. The standard InChI is InChI=1S/C25H28N2O4S2/c1-18-5-9-21(10-6-18)27(33(29,30)24-15-13-23(32-4)14-16-24)17-25(28)26-19(2)20-7-11-22(31-3)12-8-20/h5-16,19H,17H2,1-4H3,(H,26,28). The zero-order valence-corrected chi connectivity index (χ0v) is 20.7. The van der Waals surface area contributed by atoms with Crippen molar-refractivity contribution in [3.63, 3.8) is 0 Å². The van der Waals surface area contributed by atoms with Crippen molar-refractivity contribution in [1.29, 1.82) is 0 Å². The maximum absolute atomic E-state index is 13.5. The molecule has 174 valence electrons. The summed E-state index contributed by atoms with van der Waals surface area (Å²) in [6.07, 6.45) is 1.93. The molecule has 0 fully saturated rings. The fourth-order valence-corrected chi connectivity index (χ4v) is 5.12. The number of sulfonamides is 1. The molecule has 6 nitrogen and oxygen atoms in total. The number of hydrogen-bond acceptors (Lipinski definition) is 5. The number of nitrogens with one attached hydrogen (secondary N) is 1. The predicted octanol–water partition coefficient (Wildman–Crippen LogP) is 4.80. The predicted molar refractivity (Wildman–Crippen MR) is 133 cm³/mol. The summed E-state index contributed by atoms with van der Waals surface area (Å²) in [5.74, 6) is 0.324. The molecule has 3 aromatic rings. The van der Waals surface area contributed by atoms with Crippen LogP contribution in [0.4, 0.5) is 5.69 Å². The summed E-state index contributed by atoms with van der Waals surface area (Å²) in [5.41, 5.74) is 2.32. The highest BCUT2D eigenvalue weighted by atomic mass is 32.2. The van der Waals surface area contributed by atoms with Gasteiger partial charge in [-0.05, 0) is 74.2 Å². The van der Waals surface area contributed by atoms with Crippen LogP contribution >= 0.6 is 11.8 Å². The van der Waals surface area contributed by atoms with Crippen LogP contribution in [0.25, 0.3) is 0 Å². The van der Waals surface area contributed by atoms with E-state index in [-0.39, 0.29) is 17.5 Å². The van der Waals surface area contributed by atoms with E-state index < -0.39 is 15.9 Å². The molecule has 3 aromatic carbocycles. The van der Waals surface area contributed by atoms with Crippen molar-refractivity contribution in [2.75, 3.05) is 24.2 Å². The van der Waals surface area contributed by atoms with Gasteiger partial charge < -0.3 is 10.1 Å². The summed E-state index contributed by atoms with van der Waals surface area (Å²) in [7, 11) is -2.36. The maximum Gasteiger partial charge on any atom is 0.264 e. The first kappa shape index (κ1) is 24.7. The number of amides is 1. The molecular formula is C25H28N2O4S2. The number of rotatable bonds is 9. The van der Waals surface area contributed by atoms with Crippen LogP contribution in [0.2, 0.25) is 0 Å². The number of hydrogen-bond donors (Lipinski definition) is 1. The van der Waals surface area contributed by atoms with Gasteiger partial charge in [-0.15, -0.1) is 11.8 Å². The van der Waals surface area contributed by atoms with Crippen LogP contribution < -0.4 is 14.4 Å². The van der Waals surface area contributed by atoms with E-state index in [1.165, 1.54) is 11.8 Å². The summed E-state index contributed by atoms with van der Waals surface area (Å²) in [4.78, 5) is 14.0. The van der Waals surface area contributed by atoms with Crippen LogP contribution in [0, 0.1) is 6.92 Å². The summed E-state index contributed by atoms with van der Waals surface area (Å²) in [5, 5.41) is 2.90. The summed E-state index contributed by atoms with van der Waals surface area (Å²) >= 11 is 1.53. The molecule has 0 saturated carbocycles. The van der Waals surface area contributed by atoms with Crippen molar-refractivity contribution in [1.82, 2.24) is 5.32 Å². The molecule has 3 rings (SSSR count). The lowest BCUT2D eigenvalue weighted by molar-refractivity contribution is -0.120. The third-order valence-electron chi connectivity index (χ3n) is 5.25. The molecule has 0 aliphatic carbocycles. The summed E-state index contributed by atoms with van der Waals surface area (Å²) in [6, 6.07) is 20.8. The van der Waals surface area contributed by atoms with Gasteiger partial charge in [-0.1, -0.05) is 29.8 Å². The molecule has 0 radical (unpaired) electrons. The van der Waals surface area contributed by atoms with E-state index in [4.69, 9.17) is 4.74 Å². The number of thioether (sulfide) groups is 1. The summed E-state index contributed by atoms with van der Waals surface area (Å²) in [6.45, 7) is 3.44. The number of nitrogens with zero attached hydrogens (tertiary/aromatic N) is 1. The largest absolute Gasteiger partial charge is 0.497 e. The Kier molecular flexibility index (Phi) is 8.05. The van der Waals surface area contributed by atoms with Crippen molar-refractivity contribution in [3.8, 4) is 5.75 Å². The number of carbonyl (C=O) groups is 1. The Morgan fingerprint density at radius 1 is 1.00 bits per heavy atom. The normalized spacial score (nSPS) is 12.1. The second-order valence-electron chi connectivity index (χ2n) is 7.59. The van der Waals surface area contributed by atoms with Crippen molar-refractivity contribution in [2.45, 2.75) is 29.7 Å². The lowest BCUT2D eigenvalue weighted by atomic mass is 10.1. The van der Waals surface area contributed by atoms with Gasteiger partial charge in [-0.3, -0.25) is 9.10 Å². The van der Waals surface area contributed by atoms with Gasteiger partial charge in [0.25, 0.3) is 10.0 Å². The van der Waals surface area contributed by atoms with E-state index in [1.54, 1.807) is 43.5 Å². The van der Waals surface area contributed by atoms with Crippen molar-refractivity contribution < 1.29 is 17.9 Å². The van der Waals surface area contributed by atoms with Gasteiger partial charge in [0, 0.05) is 4.90 Å². The number of aryl methyl sites for hydroxylation is 1. The van der Waals surface area contributed by atoms with Gasteiger partial charge in [0.15, 0.2) is 0 Å². The lowest BCUT2D eigenvalue weighted by Gasteiger charge is -2.25. The first-order chi connectivity index (χ1) is 15.7. The van der Waals surface area contributed by atoms with Crippen molar-refractivity contribution in [3.05, 3.63) is 83.9 Å². The minimum atomic E-state index is -3.95. The third-order valence-corrected chi connectivity index (χ3v) is 7.78. The van der Waals surface area contributed by atoms with Gasteiger partial charge in [-0.2, -0.15) is 0 Å². The molecule has 1 N–H and O–H groups in total. The number of carbonyl (C=O) groups excluding carboxylic acids is 1. The van der Waals surface area contributed by atoms with Gasteiger partial charge in [0.1, 0.15) is 12.3 Å². The number of anilines is 1. The van der Waals surface area contributed by atoms with Crippen LogP contribution in [-0.4, -0.2) is 34.2 Å². The highest BCUT2D eigenvalue weighted by Gasteiger charge is 2.27. The van der Waals surface area contributed by atoms with Gasteiger partial charge >= 0.3 is 0 Å². The molecule has 1 unspecified atom stereocenters. The minimum absolute atomic E-state index is 0.136. The quantitative estimate of drug-likeness (QED) is 0.442. The summed E-state index contributed by atoms with van der Waals surface area (Å²) < 4.78 is 33.3. The molecule has 0 aliphatic rings. The molecule has 0 bridgehead atoms. The molecule has 33 heavy (non-hydrogen) atoms. The molecule has 0 aliphatic heterocycles. The zero-order valence-electron chi connectivity index (χ0n) is 19.1. The van der Waals surface area contributed by atoms with Gasteiger partial charge in [0.2, 0.25) is 5.91 Å². The first-order valence-corrected chi connectivity index (χ1v) is 13.1. The van der Waals surface area contributed by atoms with Crippen molar-refractivity contribution in [2.24, 2.45) is 0 Å². The first-order valence-electron chi connectivity index (χ1n) is 10.4. The van der Waals surface area contributed by atoms with E-state index in [9.17, 15) is 13.2 Å². The highest BCUT2D eigenvalue weighted by Crippen LogP contribution is 2.26. The SMILES string of the molecule is COc1ccc(C(C)NC(=O)CN(c2ccc(C)cc2)S(=O)(=O)c2ccc(SC)cc2)cc1. The smallest absolute Gasteiger partial charge is 0.264 e. The topological polar surface area (TPSA) is 75.7 Å². The molecule has 0 spiro atoms. The Morgan fingerprint density at radius 2 is 1.61 bits per heavy atom. The van der Waals surface area contributed by atoms with Gasteiger partial charge in [0.05, 0.1) is 23.7 Å². The minimum Gasteiger partial charge on any atom is -0.497 e. The van der Waals surface area contributed by atoms with Crippen LogP contribution in [0.3, 0.4) is 0 Å². The number of benzene rings is 3. The van der Waals surface area contributed by atoms with E-state index >= 15 is 0 Å². The second kappa shape index (κ2) is 10.8. The highest BCUT2D eigenvalue weighted by molar-refractivity contribution is 7.98. The zero-order chi connectivity index (χ0) is 24.0. The fraction of sp³-hybridized carbons (Fsp3) is 0.240. The van der Waals surface area contributed by atoms with Crippen LogP contribution in [0.1, 0.15) is 24.1 Å². The molecule has 0 saturated heterocycles. The Morgan fingerprint density at radius 3 is 2.15 bits per heavy atom. The Bertz CT molecular complexity index is 1180. The van der Waals surface area contributed by atoms with E-state index in [0.29, 0.717) is 5.69 Å². The van der Waals surface area contributed by atoms with Crippen LogP contribution in [0.5, 0.6) is 5.75 Å². The monoisotopic (exact) mass is 484 g/mol. The Labute approximate surface area is 200 Å². The number of ether oxygens (including phenoxy) is 1. The third kappa shape index (κ3) is 6.09. The molecule has 8 heteroatoms. The Hall–Kier alpha value is -2.97. The Balaban J connectivity index is 1.86. The van der Waals surface area contributed by atoms with Crippen LogP contribution in [-0.2, 0) is 14.8 Å². The van der Waals surface area contributed by atoms with E-state index in [2.05, 4.69) is 5.32 Å². The van der Waals surface area contributed by atoms with Gasteiger partial charge in [-0.25, -0.2) is 8.42 Å². The second-order valence-corrected chi connectivity index (χ2v) is 10.3. The molecule has 1 atom stereocenters. The lowest BCUT2D eigenvalue weighted by Crippen LogP contribution is -2.41. The number of methoxy groups -OCH3 is 1. The fourth-order valence-electron chi connectivity index (χ4n) is 3.29. The van der Waals surface area contributed by atoms with Crippen LogP contribution in [0.15, 0.2) is 82.6 Å². The average molecular weight is 485 g/mol.